The van der Waals surface area contributed by atoms with Crippen molar-refractivity contribution in [3.05, 3.63) is 23.0 Å². The van der Waals surface area contributed by atoms with E-state index in [1.165, 1.54) is 17.2 Å². The van der Waals surface area contributed by atoms with Gasteiger partial charge in [-0.15, -0.1) is 0 Å². The molecule has 17 heavy (non-hydrogen) atoms. The summed E-state index contributed by atoms with van der Waals surface area (Å²) in [6.45, 7) is 1.82. The van der Waals surface area contributed by atoms with Crippen molar-refractivity contribution in [3.8, 4) is 0 Å². The van der Waals surface area contributed by atoms with Crippen LogP contribution in [0.15, 0.2) is 22.3 Å². The Morgan fingerprint density at radius 2 is 2.24 bits per heavy atom. The number of aromatic amines is 1. The van der Waals surface area contributed by atoms with Crippen molar-refractivity contribution in [1.82, 2.24) is 10.2 Å². The second-order valence-corrected chi connectivity index (χ2v) is 6.19. The van der Waals surface area contributed by atoms with Crippen LogP contribution in [0.5, 0.6) is 0 Å². The molecule has 1 atom stereocenters. The highest BCUT2D eigenvalue weighted by Gasteiger charge is 2.32. The van der Waals surface area contributed by atoms with E-state index in [2.05, 4.69) is 15.2 Å². The predicted molar refractivity (Wildman–Crippen MR) is 66.9 cm³/mol. The fraction of sp³-hybridized carbons (Fsp3) is 0.333. The molecule has 2 heterocycles. The third-order valence-electron chi connectivity index (χ3n) is 2.20. The lowest BCUT2D eigenvalue weighted by Gasteiger charge is -2.28. The van der Waals surface area contributed by atoms with Crippen molar-refractivity contribution >= 4 is 33.5 Å². The highest BCUT2D eigenvalue weighted by atomic mass is 35.5. The van der Waals surface area contributed by atoms with Crippen LogP contribution in [-0.2, 0) is 9.84 Å². The molecular formula is C9H11ClN4O2S. The summed E-state index contributed by atoms with van der Waals surface area (Å²) < 4.78 is 23.3. The first-order chi connectivity index (χ1) is 7.89. The van der Waals surface area contributed by atoms with Crippen molar-refractivity contribution in [1.29, 1.82) is 0 Å². The summed E-state index contributed by atoms with van der Waals surface area (Å²) in [4.78, 5) is 5.28. The van der Waals surface area contributed by atoms with Gasteiger partial charge in [0.05, 0.1) is 0 Å². The van der Waals surface area contributed by atoms with E-state index in [0.29, 0.717) is 5.82 Å². The van der Waals surface area contributed by atoms with Crippen LogP contribution in [0, 0.1) is 6.92 Å². The number of H-pyrrole nitrogens is 1. The lowest BCUT2D eigenvalue weighted by Crippen LogP contribution is -2.39. The average molecular weight is 275 g/mol. The van der Waals surface area contributed by atoms with Crippen LogP contribution in [0.25, 0.3) is 0 Å². The number of allylic oxidation sites excluding steroid dienone is 1. The summed E-state index contributed by atoms with van der Waals surface area (Å²) in [6, 6.07) is 1.70. The van der Waals surface area contributed by atoms with Gasteiger partial charge in [0.15, 0.2) is 15.7 Å². The number of aromatic nitrogens is 2. The Balaban J connectivity index is 2.48. The van der Waals surface area contributed by atoms with Crippen molar-refractivity contribution in [2.75, 3.05) is 11.2 Å². The summed E-state index contributed by atoms with van der Waals surface area (Å²) in [5.41, 5.74) is -0.256. The molecule has 8 heteroatoms. The zero-order valence-corrected chi connectivity index (χ0v) is 10.8. The molecule has 0 spiro atoms. The SMILES string of the molecule is Cc1cc(N2C(Cl)=CC=NC2S(C)(=O)=O)n[nH]1. The summed E-state index contributed by atoms with van der Waals surface area (Å²) in [5, 5.41) is 6.99. The molecule has 92 valence electrons. The Hall–Kier alpha value is -1.34. The van der Waals surface area contributed by atoms with Gasteiger partial charge in [-0.2, -0.15) is 5.10 Å². The molecule has 6 nitrogen and oxygen atoms in total. The van der Waals surface area contributed by atoms with E-state index in [1.54, 1.807) is 6.07 Å². The fourth-order valence-electron chi connectivity index (χ4n) is 1.48. The number of sulfone groups is 1. The van der Waals surface area contributed by atoms with Crippen molar-refractivity contribution < 1.29 is 8.42 Å². The number of aliphatic imine (C=N–C) groups is 1. The minimum Gasteiger partial charge on any atom is -0.281 e. The Kier molecular flexibility index (Phi) is 2.96. The molecule has 1 aromatic heterocycles. The average Bonchev–Trinajstić information content (AvgIpc) is 2.63. The molecule has 1 N–H and O–H groups in total. The normalized spacial score (nSPS) is 20.5. The van der Waals surface area contributed by atoms with Gasteiger partial charge in [0, 0.05) is 24.2 Å². The quantitative estimate of drug-likeness (QED) is 0.817. The maximum atomic E-state index is 11.6. The second kappa shape index (κ2) is 4.15. The number of hydrogen-bond acceptors (Lipinski definition) is 5. The maximum absolute atomic E-state index is 11.6. The van der Waals surface area contributed by atoms with Gasteiger partial charge in [0.1, 0.15) is 5.16 Å². The van der Waals surface area contributed by atoms with E-state index in [1.807, 2.05) is 6.92 Å². The number of nitrogens with zero attached hydrogens (tertiary/aromatic N) is 3. The monoisotopic (exact) mass is 274 g/mol. The third-order valence-corrected chi connectivity index (χ3v) is 3.61. The van der Waals surface area contributed by atoms with Crippen LogP contribution in [0.4, 0.5) is 5.82 Å². The van der Waals surface area contributed by atoms with Gasteiger partial charge in [0.2, 0.25) is 5.50 Å². The van der Waals surface area contributed by atoms with Gasteiger partial charge in [-0.05, 0) is 13.0 Å². The Labute approximate surface area is 104 Å². The van der Waals surface area contributed by atoms with Crippen LogP contribution in [0.2, 0.25) is 0 Å². The lowest BCUT2D eigenvalue weighted by atomic mass is 10.4. The predicted octanol–water partition coefficient (Wildman–Crippen LogP) is 1.02. The van der Waals surface area contributed by atoms with Gasteiger partial charge >= 0.3 is 0 Å². The molecule has 1 aliphatic heterocycles. The van der Waals surface area contributed by atoms with E-state index < -0.39 is 15.3 Å². The van der Waals surface area contributed by atoms with E-state index >= 15 is 0 Å². The number of halogens is 1. The molecule has 1 aliphatic rings. The largest absolute Gasteiger partial charge is 0.281 e. The number of anilines is 1. The molecule has 0 fully saturated rings. The molecule has 0 bridgehead atoms. The molecule has 0 saturated heterocycles. The number of aryl methyl sites for hydroxylation is 1. The van der Waals surface area contributed by atoms with E-state index in [0.717, 1.165) is 11.9 Å². The van der Waals surface area contributed by atoms with Crippen LogP contribution in [-0.4, -0.2) is 36.6 Å². The van der Waals surface area contributed by atoms with Crippen LogP contribution in [0.3, 0.4) is 0 Å². The standard InChI is InChI=1S/C9H11ClN4O2S/c1-6-5-8(13-12-6)14-7(10)3-4-11-9(14)17(2,15)16/h3-5,9H,1-2H3,(H,12,13). The summed E-state index contributed by atoms with van der Waals surface area (Å²) in [6.07, 6.45) is 4.01. The minimum atomic E-state index is -3.40. The van der Waals surface area contributed by atoms with E-state index in [9.17, 15) is 8.42 Å². The molecule has 0 amide bonds. The molecular weight excluding hydrogens is 264 g/mol. The van der Waals surface area contributed by atoms with Gasteiger partial charge in [0.25, 0.3) is 0 Å². The molecule has 0 aliphatic carbocycles. The smallest absolute Gasteiger partial charge is 0.230 e. The minimum absolute atomic E-state index is 0.266. The van der Waals surface area contributed by atoms with Gasteiger partial charge in [-0.25, -0.2) is 8.42 Å². The van der Waals surface area contributed by atoms with Gasteiger partial charge in [-0.1, -0.05) is 11.6 Å². The summed E-state index contributed by atoms with van der Waals surface area (Å²) in [5.74, 6) is 0.427. The number of rotatable bonds is 2. The van der Waals surface area contributed by atoms with Crippen molar-refractivity contribution in [3.63, 3.8) is 0 Å². The first-order valence-electron chi connectivity index (χ1n) is 4.78. The molecule has 0 saturated carbocycles. The zero-order chi connectivity index (χ0) is 12.6. The van der Waals surface area contributed by atoms with Gasteiger partial charge in [-0.3, -0.25) is 15.0 Å². The van der Waals surface area contributed by atoms with E-state index in [4.69, 9.17) is 11.6 Å². The second-order valence-electron chi connectivity index (χ2n) is 3.72. The number of nitrogens with one attached hydrogen (secondary N) is 1. The summed E-state index contributed by atoms with van der Waals surface area (Å²) >= 11 is 6.00. The third kappa shape index (κ3) is 2.34. The zero-order valence-electron chi connectivity index (χ0n) is 9.25. The molecule has 0 radical (unpaired) electrons. The molecule has 1 unspecified atom stereocenters. The van der Waals surface area contributed by atoms with Crippen LogP contribution in [0.1, 0.15) is 5.69 Å². The first kappa shape index (κ1) is 12.1. The van der Waals surface area contributed by atoms with E-state index in [-0.39, 0.29) is 5.16 Å². The maximum Gasteiger partial charge on any atom is 0.230 e. The highest BCUT2D eigenvalue weighted by molar-refractivity contribution is 7.91. The molecule has 1 aromatic rings. The molecule has 2 rings (SSSR count). The fourth-order valence-corrected chi connectivity index (χ4v) is 2.67. The van der Waals surface area contributed by atoms with Crippen LogP contribution < -0.4 is 4.90 Å². The first-order valence-corrected chi connectivity index (χ1v) is 7.12. The van der Waals surface area contributed by atoms with Crippen molar-refractivity contribution in [2.24, 2.45) is 4.99 Å². The van der Waals surface area contributed by atoms with Crippen molar-refractivity contribution in [2.45, 2.75) is 12.4 Å². The Morgan fingerprint density at radius 1 is 1.53 bits per heavy atom. The molecule has 0 aromatic carbocycles. The van der Waals surface area contributed by atoms with Crippen LogP contribution >= 0.6 is 11.6 Å². The van der Waals surface area contributed by atoms with Gasteiger partial charge < -0.3 is 0 Å². The lowest BCUT2D eigenvalue weighted by molar-refractivity contribution is 0.585. The topological polar surface area (TPSA) is 78.4 Å². The number of hydrogen-bond donors (Lipinski definition) is 1. The highest BCUT2D eigenvalue weighted by Crippen LogP contribution is 2.27. The Bertz CT molecular complexity index is 590. The Morgan fingerprint density at radius 3 is 2.76 bits per heavy atom. The summed E-state index contributed by atoms with van der Waals surface area (Å²) in [7, 11) is -3.40.